The molecule has 0 N–H and O–H groups in total. The number of benzene rings is 9. The van der Waals surface area contributed by atoms with Gasteiger partial charge in [-0.25, -0.2) is 0 Å². The maximum Gasteiger partial charge on any atom is 0.145 e. The summed E-state index contributed by atoms with van der Waals surface area (Å²) in [7, 11) is 0. The molecule has 0 radical (unpaired) electrons. The van der Waals surface area contributed by atoms with Crippen molar-refractivity contribution in [1.29, 1.82) is 0 Å². The van der Waals surface area contributed by atoms with E-state index in [-0.39, 0.29) is 0 Å². The smallest absolute Gasteiger partial charge is 0.145 e. The van der Waals surface area contributed by atoms with E-state index in [2.05, 4.69) is 217 Å². The van der Waals surface area contributed by atoms with Gasteiger partial charge >= 0.3 is 0 Å². The highest BCUT2D eigenvalue weighted by molar-refractivity contribution is 7.25. The molecule has 11 rings (SSSR count). The summed E-state index contributed by atoms with van der Waals surface area (Å²) in [6, 6.07) is 76.4. The fourth-order valence-corrected chi connectivity index (χ4v) is 9.44. The fraction of sp³-hybridized carbons (Fsp3) is 0. The van der Waals surface area contributed by atoms with Crippen LogP contribution in [0.2, 0.25) is 0 Å². The minimum atomic E-state index is 0.869. The van der Waals surface area contributed by atoms with E-state index in [0.29, 0.717) is 0 Å². The van der Waals surface area contributed by atoms with Crippen LogP contribution < -0.4 is 4.90 Å². The third-order valence-electron chi connectivity index (χ3n) is 11.0. The standard InChI is InChI=1S/C54H35NOS/c1-5-15-36(16-6-1)40-25-27-46-48-35-43(26-30-51(48)57-52(46)34-40)55(44-32-41(37-17-7-2-8-18-37)31-42(33-44)38-19-9-3-10-20-38)49-29-28-45(39-21-11-4-12-22-39)54-53(49)47-23-13-14-24-50(47)56-54/h1-35H. The predicted octanol–water partition coefficient (Wildman–Crippen LogP) is 16.1. The Morgan fingerprint density at radius 3 is 1.61 bits per heavy atom. The van der Waals surface area contributed by atoms with Crippen molar-refractivity contribution >= 4 is 70.5 Å². The summed E-state index contributed by atoms with van der Waals surface area (Å²) < 4.78 is 9.37. The van der Waals surface area contributed by atoms with Gasteiger partial charge in [0, 0.05) is 42.5 Å². The molecule has 0 aliphatic heterocycles. The van der Waals surface area contributed by atoms with Gasteiger partial charge in [0.2, 0.25) is 0 Å². The Hall–Kier alpha value is -7.20. The lowest BCUT2D eigenvalue weighted by atomic mass is 9.96. The molecule has 0 atom stereocenters. The molecular formula is C54H35NOS. The van der Waals surface area contributed by atoms with E-state index in [1.54, 1.807) is 0 Å². The van der Waals surface area contributed by atoms with Crippen LogP contribution in [0.4, 0.5) is 17.1 Å². The molecule has 0 saturated heterocycles. The van der Waals surface area contributed by atoms with Gasteiger partial charge in [-0.2, -0.15) is 0 Å². The van der Waals surface area contributed by atoms with Crippen LogP contribution in [-0.2, 0) is 0 Å². The normalized spacial score (nSPS) is 11.5. The Morgan fingerprint density at radius 2 is 0.947 bits per heavy atom. The molecule has 3 heteroatoms. The van der Waals surface area contributed by atoms with Crippen molar-refractivity contribution < 1.29 is 4.42 Å². The first-order valence-electron chi connectivity index (χ1n) is 19.3. The summed E-state index contributed by atoms with van der Waals surface area (Å²) in [6.07, 6.45) is 0. The van der Waals surface area contributed by atoms with Crippen LogP contribution in [0.3, 0.4) is 0 Å². The summed E-state index contributed by atoms with van der Waals surface area (Å²) in [5.41, 5.74) is 14.3. The largest absolute Gasteiger partial charge is 0.455 e. The lowest BCUT2D eigenvalue weighted by Crippen LogP contribution is -2.11. The maximum absolute atomic E-state index is 6.82. The molecule has 9 aromatic carbocycles. The Labute approximate surface area is 335 Å². The number of fused-ring (bicyclic) bond motifs is 6. The zero-order chi connectivity index (χ0) is 37.7. The van der Waals surface area contributed by atoms with Gasteiger partial charge in [0.05, 0.1) is 11.1 Å². The zero-order valence-corrected chi connectivity index (χ0v) is 31.8. The summed E-state index contributed by atoms with van der Waals surface area (Å²) in [4.78, 5) is 2.44. The van der Waals surface area contributed by atoms with Gasteiger partial charge in [-0.15, -0.1) is 11.3 Å². The lowest BCUT2D eigenvalue weighted by molar-refractivity contribution is 0.670. The van der Waals surface area contributed by atoms with Crippen LogP contribution in [0.15, 0.2) is 217 Å². The van der Waals surface area contributed by atoms with Crippen molar-refractivity contribution in [2.45, 2.75) is 0 Å². The van der Waals surface area contributed by atoms with Crippen LogP contribution in [0.5, 0.6) is 0 Å². The van der Waals surface area contributed by atoms with Crippen LogP contribution >= 0.6 is 11.3 Å². The third kappa shape index (κ3) is 5.88. The molecule has 0 fully saturated rings. The van der Waals surface area contributed by atoms with Crippen LogP contribution in [-0.4, -0.2) is 0 Å². The number of para-hydroxylation sites is 1. The SMILES string of the molecule is c1ccc(-c2cc(-c3ccccc3)cc(N(c3ccc4sc5cc(-c6ccccc6)ccc5c4c3)c3ccc(-c4ccccc4)c4oc5ccccc5c34)c2)cc1. The second-order valence-electron chi connectivity index (χ2n) is 14.5. The van der Waals surface area contributed by atoms with Crippen LogP contribution in [0, 0.1) is 0 Å². The van der Waals surface area contributed by atoms with E-state index in [1.165, 1.54) is 42.4 Å². The van der Waals surface area contributed by atoms with Crippen molar-refractivity contribution in [3.63, 3.8) is 0 Å². The second kappa shape index (κ2) is 13.8. The first-order valence-corrected chi connectivity index (χ1v) is 20.1. The van der Waals surface area contributed by atoms with Gasteiger partial charge in [-0.1, -0.05) is 152 Å². The molecule has 0 saturated carbocycles. The first kappa shape index (κ1) is 33.2. The molecule has 268 valence electrons. The van der Waals surface area contributed by atoms with E-state index in [9.17, 15) is 0 Å². The second-order valence-corrected chi connectivity index (χ2v) is 15.6. The molecule has 0 bridgehead atoms. The van der Waals surface area contributed by atoms with Gasteiger partial charge in [-0.3, -0.25) is 0 Å². The number of nitrogens with zero attached hydrogens (tertiary/aromatic N) is 1. The highest BCUT2D eigenvalue weighted by atomic mass is 32.1. The molecule has 0 aliphatic rings. The minimum Gasteiger partial charge on any atom is -0.455 e. The monoisotopic (exact) mass is 745 g/mol. The maximum atomic E-state index is 6.82. The van der Waals surface area contributed by atoms with E-state index >= 15 is 0 Å². The van der Waals surface area contributed by atoms with Crippen molar-refractivity contribution in [2.24, 2.45) is 0 Å². The van der Waals surface area contributed by atoms with Gasteiger partial charge in [0.15, 0.2) is 0 Å². The van der Waals surface area contributed by atoms with Gasteiger partial charge < -0.3 is 9.32 Å². The Kier molecular flexibility index (Phi) is 8.04. The molecule has 0 spiro atoms. The Morgan fingerprint density at radius 1 is 0.351 bits per heavy atom. The molecular weight excluding hydrogens is 711 g/mol. The number of hydrogen-bond donors (Lipinski definition) is 0. The number of rotatable bonds is 7. The molecule has 2 heterocycles. The number of hydrogen-bond acceptors (Lipinski definition) is 3. The number of thiophene rings is 1. The molecule has 57 heavy (non-hydrogen) atoms. The average molecular weight is 746 g/mol. The molecule has 11 aromatic rings. The molecule has 0 amide bonds. The van der Waals surface area contributed by atoms with E-state index in [0.717, 1.165) is 61.3 Å². The number of furan rings is 1. The third-order valence-corrected chi connectivity index (χ3v) is 12.2. The van der Waals surface area contributed by atoms with Gasteiger partial charge in [-0.05, 0) is 99.6 Å². The van der Waals surface area contributed by atoms with E-state index < -0.39 is 0 Å². The highest BCUT2D eigenvalue weighted by Gasteiger charge is 2.24. The summed E-state index contributed by atoms with van der Waals surface area (Å²) in [5.74, 6) is 0. The van der Waals surface area contributed by atoms with Gasteiger partial charge in [0.1, 0.15) is 11.2 Å². The van der Waals surface area contributed by atoms with Crippen molar-refractivity contribution in [3.05, 3.63) is 212 Å². The molecule has 2 aromatic heterocycles. The molecule has 2 nitrogen and oxygen atoms in total. The lowest BCUT2D eigenvalue weighted by Gasteiger charge is -2.28. The average Bonchev–Trinajstić information content (AvgIpc) is 3.86. The zero-order valence-electron chi connectivity index (χ0n) is 31.0. The van der Waals surface area contributed by atoms with Crippen molar-refractivity contribution in [2.75, 3.05) is 4.90 Å². The first-order chi connectivity index (χ1) is 28.2. The topological polar surface area (TPSA) is 16.4 Å². The summed E-state index contributed by atoms with van der Waals surface area (Å²) in [5, 5.41) is 4.68. The van der Waals surface area contributed by atoms with Crippen LogP contribution in [0.1, 0.15) is 0 Å². The van der Waals surface area contributed by atoms with Crippen LogP contribution in [0.25, 0.3) is 86.6 Å². The Bertz CT molecular complexity index is 3160. The number of anilines is 3. The van der Waals surface area contributed by atoms with Crippen molar-refractivity contribution in [1.82, 2.24) is 0 Å². The molecule has 0 unspecified atom stereocenters. The Balaban J connectivity index is 1.20. The quantitative estimate of drug-likeness (QED) is 0.162. The van der Waals surface area contributed by atoms with Crippen molar-refractivity contribution in [3.8, 4) is 44.5 Å². The minimum absolute atomic E-state index is 0.869. The highest BCUT2D eigenvalue weighted by Crippen LogP contribution is 2.49. The van der Waals surface area contributed by atoms with E-state index in [4.69, 9.17) is 4.42 Å². The fourth-order valence-electron chi connectivity index (χ4n) is 8.32. The summed E-state index contributed by atoms with van der Waals surface area (Å²) in [6.45, 7) is 0. The van der Waals surface area contributed by atoms with E-state index in [1.807, 2.05) is 11.3 Å². The predicted molar refractivity (Wildman–Crippen MR) is 243 cm³/mol. The molecule has 0 aliphatic carbocycles. The van der Waals surface area contributed by atoms with Gasteiger partial charge in [0.25, 0.3) is 0 Å². The summed E-state index contributed by atoms with van der Waals surface area (Å²) >= 11 is 1.85.